The molecule has 2 aromatic rings. The summed E-state index contributed by atoms with van der Waals surface area (Å²) in [5.41, 5.74) is 3.54. The molecule has 0 saturated heterocycles. The van der Waals surface area contributed by atoms with Gasteiger partial charge in [-0.05, 0) is 37.8 Å². The van der Waals surface area contributed by atoms with Crippen LogP contribution in [0.15, 0.2) is 29.6 Å². The Balaban J connectivity index is 1.71. The van der Waals surface area contributed by atoms with Crippen molar-refractivity contribution in [2.45, 2.75) is 52.0 Å². The Morgan fingerprint density at radius 1 is 1.33 bits per heavy atom. The van der Waals surface area contributed by atoms with Gasteiger partial charge in [-0.15, -0.1) is 11.3 Å². The minimum atomic E-state index is 0.635. The first-order chi connectivity index (χ1) is 10.2. The maximum atomic E-state index is 4.58. The van der Waals surface area contributed by atoms with E-state index < -0.39 is 0 Å². The van der Waals surface area contributed by atoms with Crippen LogP contribution in [0.5, 0.6) is 0 Å². The molecule has 0 radical (unpaired) electrons. The highest BCUT2D eigenvalue weighted by atomic mass is 32.1. The van der Waals surface area contributed by atoms with Gasteiger partial charge in [-0.25, -0.2) is 4.98 Å². The first kappa shape index (κ1) is 14.6. The van der Waals surface area contributed by atoms with E-state index in [0.29, 0.717) is 6.04 Å². The van der Waals surface area contributed by atoms with E-state index in [1.807, 2.05) is 0 Å². The largest absolute Gasteiger partial charge is 0.382 e. The van der Waals surface area contributed by atoms with Gasteiger partial charge in [-0.1, -0.05) is 38.3 Å². The molecule has 1 N–H and O–H groups in total. The minimum Gasteiger partial charge on any atom is -0.382 e. The van der Waals surface area contributed by atoms with Crippen molar-refractivity contribution in [1.29, 1.82) is 0 Å². The average molecular weight is 300 g/mol. The highest BCUT2D eigenvalue weighted by Crippen LogP contribution is 2.30. The molecule has 0 spiro atoms. The molecule has 1 saturated carbocycles. The number of nitrogens with zero attached hydrogens (tertiary/aromatic N) is 1. The molecule has 1 aliphatic rings. The lowest BCUT2D eigenvalue weighted by Crippen LogP contribution is -2.27. The maximum absolute atomic E-state index is 4.58. The summed E-state index contributed by atoms with van der Waals surface area (Å²) in [7, 11) is 0. The Hall–Kier alpha value is -1.35. The number of thiazole rings is 1. The summed E-state index contributed by atoms with van der Waals surface area (Å²) in [5, 5.41) is 7.01. The molecule has 3 rings (SSSR count). The molecule has 0 bridgehead atoms. The number of aromatic nitrogens is 1. The SMILES string of the molecule is CCC1CCCC(Nc2cccc(-c3csc(C)n3)c2)C1. The van der Waals surface area contributed by atoms with Gasteiger partial charge >= 0.3 is 0 Å². The van der Waals surface area contributed by atoms with Crippen LogP contribution >= 0.6 is 11.3 Å². The number of hydrogen-bond donors (Lipinski definition) is 1. The average Bonchev–Trinajstić information content (AvgIpc) is 2.94. The standard InChI is InChI=1S/C18H24N2S/c1-3-14-6-4-8-16(10-14)20-17-9-5-7-15(11-17)18-12-21-13(2)19-18/h5,7,9,11-12,14,16,20H,3-4,6,8,10H2,1-2H3. The van der Waals surface area contributed by atoms with Crippen molar-refractivity contribution in [3.05, 3.63) is 34.7 Å². The van der Waals surface area contributed by atoms with E-state index in [-0.39, 0.29) is 0 Å². The third kappa shape index (κ3) is 3.65. The van der Waals surface area contributed by atoms with Crippen LogP contribution in [0.4, 0.5) is 5.69 Å². The van der Waals surface area contributed by atoms with Gasteiger partial charge in [0.1, 0.15) is 0 Å². The van der Waals surface area contributed by atoms with Crippen LogP contribution in [0.25, 0.3) is 11.3 Å². The molecule has 1 aliphatic carbocycles. The molecule has 1 aromatic heterocycles. The lowest BCUT2D eigenvalue weighted by molar-refractivity contribution is 0.327. The van der Waals surface area contributed by atoms with Gasteiger partial charge in [0.2, 0.25) is 0 Å². The fourth-order valence-corrected chi connectivity index (χ4v) is 3.91. The molecule has 2 nitrogen and oxygen atoms in total. The quantitative estimate of drug-likeness (QED) is 0.806. The molecule has 2 unspecified atom stereocenters. The molecular formula is C18H24N2S. The summed E-state index contributed by atoms with van der Waals surface area (Å²) in [6.45, 7) is 4.38. The lowest BCUT2D eigenvalue weighted by atomic mass is 9.84. The summed E-state index contributed by atoms with van der Waals surface area (Å²) in [6, 6.07) is 9.33. The fourth-order valence-electron chi connectivity index (χ4n) is 3.29. The van der Waals surface area contributed by atoms with Gasteiger partial charge in [0, 0.05) is 22.7 Å². The van der Waals surface area contributed by atoms with Crippen LogP contribution in [0.2, 0.25) is 0 Å². The monoisotopic (exact) mass is 300 g/mol. The summed E-state index contributed by atoms with van der Waals surface area (Å²) in [4.78, 5) is 4.58. The van der Waals surface area contributed by atoms with E-state index in [1.54, 1.807) is 11.3 Å². The van der Waals surface area contributed by atoms with Gasteiger partial charge in [-0.3, -0.25) is 0 Å². The van der Waals surface area contributed by atoms with Gasteiger partial charge in [0.15, 0.2) is 0 Å². The fraction of sp³-hybridized carbons (Fsp3) is 0.500. The molecular weight excluding hydrogens is 276 g/mol. The summed E-state index contributed by atoms with van der Waals surface area (Å²) >= 11 is 1.71. The Bertz CT molecular complexity index is 590. The normalized spacial score (nSPS) is 22.2. The Morgan fingerprint density at radius 2 is 2.24 bits per heavy atom. The van der Waals surface area contributed by atoms with E-state index in [2.05, 4.69) is 53.8 Å². The van der Waals surface area contributed by atoms with E-state index in [4.69, 9.17) is 0 Å². The third-order valence-corrected chi connectivity index (χ3v) is 5.28. The predicted octanol–water partition coefficient (Wildman–Crippen LogP) is 5.50. The maximum Gasteiger partial charge on any atom is 0.0901 e. The first-order valence-electron chi connectivity index (χ1n) is 8.03. The lowest BCUT2D eigenvalue weighted by Gasteiger charge is -2.30. The van der Waals surface area contributed by atoms with Gasteiger partial charge in [0.05, 0.1) is 10.7 Å². The molecule has 2 atom stereocenters. The number of anilines is 1. The van der Waals surface area contributed by atoms with Crippen LogP contribution in [0.3, 0.4) is 0 Å². The second kappa shape index (κ2) is 6.61. The second-order valence-electron chi connectivity index (χ2n) is 6.11. The van der Waals surface area contributed by atoms with Crippen LogP contribution in [0, 0.1) is 12.8 Å². The number of rotatable bonds is 4. The topological polar surface area (TPSA) is 24.9 Å². The molecule has 1 heterocycles. The molecule has 21 heavy (non-hydrogen) atoms. The number of aryl methyl sites for hydroxylation is 1. The van der Waals surface area contributed by atoms with Crippen molar-refractivity contribution in [3.63, 3.8) is 0 Å². The Morgan fingerprint density at radius 3 is 3.00 bits per heavy atom. The van der Waals surface area contributed by atoms with E-state index >= 15 is 0 Å². The van der Waals surface area contributed by atoms with Crippen LogP contribution in [-0.2, 0) is 0 Å². The van der Waals surface area contributed by atoms with Crippen LogP contribution in [0.1, 0.15) is 44.0 Å². The number of hydrogen-bond acceptors (Lipinski definition) is 3. The highest BCUT2D eigenvalue weighted by Gasteiger charge is 2.20. The van der Waals surface area contributed by atoms with Crippen LogP contribution in [-0.4, -0.2) is 11.0 Å². The molecule has 1 aromatic carbocycles. The molecule has 3 heteroatoms. The minimum absolute atomic E-state index is 0.635. The van der Waals surface area contributed by atoms with Gasteiger partial charge < -0.3 is 5.32 Å². The van der Waals surface area contributed by atoms with Crippen molar-refractivity contribution >= 4 is 17.0 Å². The Kier molecular flexibility index (Phi) is 4.59. The summed E-state index contributed by atoms with van der Waals surface area (Å²) < 4.78 is 0. The summed E-state index contributed by atoms with van der Waals surface area (Å²) in [5.74, 6) is 0.903. The highest BCUT2D eigenvalue weighted by molar-refractivity contribution is 7.09. The number of benzene rings is 1. The molecule has 112 valence electrons. The zero-order valence-electron chi connectivity index (χ0n) is 12.9. The van der Waals surface area contributed by atoms with Crippen molar-refractivity contribution in [3.8, 4) is 11.3 Å². The van der Waals surface area contributed by atoms with E-state index in [9.17, 15) is 0 Å². The van der Waals surface area contributed by atoms with Crippen molar-refractivity contribution < 1.29 is 0 Å². The Labute approximate surface area is 131 Å². The second-order valence-corrected chi connectivity index (χ2v) is 7.18. The van der Waals surface area contributed by atoms with Crippen molar-refractivity contribution in [2.75, 3.05) is 5.32 Å². The molecule has 0 aliphatic heterocycles. The van der Waals surface area contributed by atoms with Gasteiger partial charge in [-0.2, -0.15) is 0 Å². The van der Waals surface area contributed by atoms with E-state index in [0.717, 1.165) is 16.6 Å². The van der Waals surface area contributed by atoms with Gasteiger partial charge in [0.25, 0.3) is 0 Å². The van der Waals surface area contributed by atoms with E-state index in [1.165, 1.54) is 43.4 Å². The zero-order valence-corrected chi connectivity index (χ0v) is 13.7. The predicted molar refractivity (Wildman–Crippen MR) is 91.9 cm³/mol. The third-order valence-electron chi connectivity index (χ3n) is 4.51. The molecule has 0 amide bonds. The smallest absolute Gasteiger partial charge is 0.0901 e. The van der Waals surface area contributed by atoms with Crippen molar-refractivity contribution in [2.24, 2.45) is 5.92 Å². The molecule has 1 fully saturated rings. The number of nitrogens with one attached hydrogen (secondary N) is 1. The zero-order chi connectivity index (χ0) is 14.7. The summed E-state index contributed by atoms with van der Waals surface area (Å²) in [6.07, 6.45) is 6.71. The van der Waals surface area contributed by atoms with Crippen LogP contribution < -0.4 is 5.32 Å². The van der Waals surface area contributed by atoms with Crippen molar-refractivity contribution in [1.82, 2.24) is 4.98 Å². The first-order valence-corrected chi connectivity index (χ1v) is 8.91.